The molecule has 0 unspecified atom stereocenters. The summed E-state index contributed by atoms with van der Waals surface area (Å²) in [5, 5.41) is 8.08. The molecule has 0 bridgehead atoms. The zero-order chi connectivity index (χ0) is 23.1. The highest BCUT2D eigenvalue weighted by Gasteiger charge is 2.47. The van der Waals surface area contributed by atoms with Crippen molar-refractivity contribution in [1.29, 1.82) is 0 Å². The molecule has 3 aromatic carbocycles. The molecule has 0 spiro atoms. The average Bonchev–Trinajstić information content (AvgIpc) is 2.86. The Morgan fingerprint density at radius 1 is 0.939 bits per heavy atom. The van der Waals surface area contributed by atoms with Gasteiger partial charge < -0.3 is 10.1 Å². The van der Waals surface area contributed by atoms with E-state index in [1.54, 1.807) is 12.3 Å². The maximum Gasteiger partial charge on any atom is 0.331 e. The van der Waals surface area contributed by atoms with Crippen LogP contribution in [-0.4, -0.2) is 29.9 Å². The second-order valence-electron chi connectivity index (χ2n) is 7.59. The minimum atomic E-state index is -0.740. The lowest BCUT2D eigenvalue weighted by molar-refractivity contribution is -0.137. The van der Waals surface area contributed by atoms with Gasteiger partial charge in [0.05, 0.1) is 12.1 Å². The summed E-state index contributed by atoms with van der Waals surface area (Å²) in [6, 6.07) is 30.0. The van der Waals surface area contributed by atoms with E-state index in [9.17, 15) is 9.59 Å². The maximum absolute atomic E-state index is 12.7. The van der Waals surface area contributed by atoms with E-state index in [0.29, 0.717) is 6.61 Å². The Balaban J connectivity index is 1.73. The molecule has 1 aliphatic heterocycles. The molecule has 3 aromatic rings. The Kier molecular flexibility index (Phi) is 7.27. The fraction of sp³-hybridized carbons (Fsp3) is 0.185. The van der Waals surface area contributed by atoms with Gasteiger partial charge in [-0.05, 0) is 29.0 Å². The van der Waals surface area contributed by atoms with Gasteiger partial charge in [0.2, 0.25) is 5.91 Å². The van der Waals surface area contributed by atoms with E-state index in [-0.39, 0.29) is 11.3 Å². The van der Waals surface area contributed by atoms with Gasteiger partial charge in [0.15, 0.2) is 0 Å². The smallest absolute Gasteiger partial charge is 0.331 e. The highest BCUT2D eigenvalue weighted by molar-refractivity contribution is 8.02. The number of ether oxygens (including phenoxy) is 1. The van der Waals surface area contributed by atoms with Crippen LogP contribution in [-0.2, 0) is 19.9 Å². The van der Waals surface area contributed by atoms with Gasteiger partial charge in [-0.25, -0.2) is 4.79 Å². The van der Waals surface area contributed by atoms with E-state index in [1.807, 2.05) is 54.6 Å². The van der Waals surface area contributed by atoms with Crippen molar-refractivity contribution < 1.29 is 14.3 Å². The van der Waals surface area contributed by atoms with E-state index in [2.05, 4.69) is 47.0 Å². The third kappa shape index (κ3) is 4.87. The predicted molar refractivity (Wildman–Crippen MR) is 131 cm³/mol. The maximum atomic E-state index is 12.7. The minimum Gasteiger partial charge on any atom is -0.463 e. The van der Waals surface area contributed by atoms with Crippen molar-refractivity contribution in [2.45, 2.75) is 23.9 Å². The van der Waals surface area contributed by atoms with Crippen molar-refractivity contribution in [3.05, 3.63) is 119 Å². The number of hydrogen-bond acceptors (Lipinski definition) is 5. The first-order valence-electron chi connectivity index (χ1n) is 10.9. The van der Waals surface area contributed by atoms with Gasteiger partial charge in [-0.15, -0.1) is 11.8 Å². The van der Waals surface area contributed by atoms with E-state index < -0.39 is 17.6 Å². The molecule has 168 valence electrons. The third-order valence-corrected chi connectivity index (χ3v) is 6.55. The number of carbonyl (C=O) groups is 2. The lowest BCUT2D eigenvalue weighted by atomic mass is 9.76. The molecule has 1 amide bonds. The summed E-state index contributed by atoms with van der Waals surface area (Å²) in [6.45, 7) is 2.09. The van der Waals surface area contributed by atoms with Crippen molar-refractivity contribution in [3.63, 3.8) is 0 Å². The van der Waals surface area contributed by atoms with E-state index >= 15 is 0 Å². The summed E-state index contributed by atoms with van der Waals surface area (Å²) in [4.78, 5) is 24.3. The topological polar surface area (TPSA) is 67.4 Å². The second kappa shape index (κ2) is 10.5. The summed E-state index contributed by atoms with van der Waals surface area (Å²) in [5.41, 5.74) is 2.37. The molecule has 0 radical (unpaired) electrons. The van der Waals surface area contributed by atoms with Crippen LogP contribution in [0.25, 0.3) is 0 Å². The summed E-state index contributed by atoms with van der Waals surface area (Å²) >= 11 is 1.38. The standard InChI is InChI=1S/C27H26N2O3S/c1-2-32-23(30)18-19-33-26-24(25(31)28-26)29-27(20-12-6-3-7-13-20,21-14-8-4-9-15-21)22-16-10-5-11-17-22/h3-19,24,26,29H,2H2,1H3,(H,28,31)/b19-18+/t24-,26+/m1/s1. The van der Waals surface area contributed by atoms with Gasteiger partial charge in [-0.2, -0.15) is 0 Å². The van der Waals surface area contributed by atoms with Crippen molar-refractivity contribution in [1.82, 2.24) is 10.6 Å². The number of β-lactam (4-membered cyclic amide) rings is 1. The third-order valence-electron chi connectivity index (χ3n) is 5.58. The average molecular weight is 459 g/mol. The van der Waals surface area contributed by atoms with E-state index in [4.69, 9.17) is 4.74 Å². The SMILES string of the molecule is CCOC(=O)/C=C/S[C@@H]1NC(=O)[C@H]1NC(c1ccccc1)(c1ccccc1)c1ccccc1. The van der Waals surface area contributed by atoms with Crippen LogP contribution in [0.15, 0.2) is 102 Å². The molecule has 5 nitrogen and oxygen atoms in total. The molecule has 0 aromatic heterocycles. The van der Waals surface area contributed by atoms with Gasteiger partial charge in [0.1, 0.15) is 11.4 Å². The fourth-order valence-corrected chi connectivity index (χ4v) is 4.92. The van der Waals surface area contributed by atoms with Crippen LogP contribution in [0.3, 0.4) is 0 Å². The quantitative estimate of drug-likeness (QED) is 0.218. The molecule has 1 fully saturated rings. The molecular weight excluding hydrogens is 432 g/mol. The van der Waals surface area contributed by atoms with Crippen molar-refractivity contribution in [2.75, 3.05) is 6.61 Å². The molecule has 1 aliphatic rings. The number of esters is 1. The second-order valence-corrected chi connectivity index (χ2v) is 8.64. The summed E-state index contributed by atoms with van der Waals surface area (Å²) in [6.07, 6.45) is 1.38. The largest absolute Gasteiger partial charge is 0.463 e. The number of benzene rings is 3. The first-order valence-corrected chi connectivity index (χ1v) is 11.8. The van der Waals surface area contributed by atoms with Crippen molar-refractivity contribution in [3.8, 4) is 0 Å². The zero-order valence-corrected chi connectivity index (χ0v) is 19.1. The van der Waals surface area contributed by atoms with Crippen LogP contribution < -0.4 is 10.6 Å². The molecule has 0 saturated carbocycles. The first kappa shape index (κ1) is 22.8. The highest BCUT2D eigenvalue weighted by Crippen LogP contribution is 2.39. The summed E-state index contributed by atoms with van der Waals surface area (Å²) < 4.78 is 4.94. The zero-order valence-electron chi connectivity index (χ0n) is 18.3. The number of hydrogen-bond donors (Lipinski definition) is 2. The Morgan fingerprint density at radius 3 is 1.85 bits per heavy atom. The number of nitrogens with one attached hydrogen (secondary N) is 2. The van der Waals surface area contributed by atoms with Crippen LogP contribution in [0.1, 0.15) is 23.6 Å². The molecule has 6 heteroatoms. The molecule has 0 aliphatic carbocycles. The molecule has 2 N–H and O–H groups in total. The van der Waals surface area contributed by atoms with Crippen molar-refractivity contribution >= 4 is 23.6 Å². The van der Waals surface area contributed by atoms with Crippen LogP contribution in [0, 0.1) is 0 Å². The Bertz CT molecular complexity index is 1010. The number of rotatable bonds is 9. The molecule has 4 rings (SSSR count). The van der Waals surface area contributed by atoms with E-state index in [1.165, 1.54) is 17.8 Å². The van der Waals surface area contributed by atoms with Gasteiger partial charge in [0.25, 0.3) is 0 Å². The number of carbonyl (C=O) groups excluding carboxylic acids is 2. The van der Waals surface area contributed by atoms with Gasteiger partial charge in [-0.1, -0.05) is 91.0 Å². The summed E-state index contributed by atoms with van der Waals surface area (Å²) in [5.74, 6) is -0.475. The molecule has 2 atom stereocenters. The molecule has 1 saturated heterocycles. The van der Waals surface area contributed by atoms with Gasteiger partial charge >= 0.3 is 5.97 Å². The van der Waals surface area contributed by atoms with E-state index in [0.717, 1.165) is 16.7 Å². The lowest BCUT2D eigenvalue weighted by Crippen LogP contribution is -2.70. The van der Waals surface area contributed by atoms with Gasteiger partial charge in [-0.3, -0.25) is 10.1 Å². The fourth-order valence-electron chi connectivity index (χ4n) is 4.03. The monoisotopic (exact) mass is 458 g/mol. The Morgan fingerprint density at radius 2 is 1.42 bits per heavy atom. The molecule has 1 heterocycles. The normalized spacial score (nSPS) is 17.9. The molecular formula is C27H26N2O3S. The number of amides is 1. The lowest BCUT2D eigenvalue weighted by Gasteiger charge is -2.45. The van der Waals surface area contributed by atoms with Crippen LogP contribution in [0.2, 0.25) is 0 Å². The highest BCUT2D eigenvalue weighted by atomic mass is 32.2. The van der Waals surface area contributed by atoms with Crippen LogP contribution >= 0.6 is 11.8 Å². The Hall–Kier alpha value is -3.35. The first-order chi connectivity index (χ1) is 16.1. The summed E-state index contributed by atoms with van der Waals surface area (Å²) in [7, 11) is 0. The Labute approximate surface area is 198 Å². The van der Waals surface area contributed by atoms with Crippen molar-refractivity contribution in [2.24, 2.45) is 0 Å². The van der Waals surface area contributed by atoms with Crippen LogP contribution in [0.5, 0.6) is 0 Å². The minimum absolute atomic E-state index is 0.0794. The molecule has 33 heavy (non-hydrogen) atoms. The van der Waals surface area contributed by atoms with Gasteiger partial charge in [0, 0.05) is 6.08 Å². The number of thioether (sulfide) groups is 1. The van der Waals surface area contributed by atoms with Crippen LogP contribution in [0.4, 0.5) is 0 Å². The predicted octanol–water partition coefficient (Wildman–Crippen LogP) is 4.20.